The molecule has 2 aliphatic rings. The lowest BCUT2D eigenvalue weighted by atomic mass is 9.92. The molecule has 2 aliphatic heterocycles. The molecule has 0 saturated heterocycles. The second kappa shape index (κ2) is 6.67. The summed E-state index contributed by atoms with van der Waals surface area (Å²) < 4.78 is 0. The van der Waals surface area contributed by atoms with Crippen LogP contribution in [0, 0.1) is 0 Å². The van der Waals surface area contributed by atoms with Crippen LogP contribution in [0.3, 0.4) is 0 Å². The van der Waals surface area contributed by atoms with Gasteiger partial charge in [0.1, 0.15) is 17.2 Å². The van der Waals surface area contributed by atoms with Crippen molar-refractivity contribution in [3.05, 3.63) is 77.6 Å². The molecule has 2 aromatic carbocycles. The third kappa shape index (κ3) is 2.86. The van der Waals surface area contributed by atoms with E-state index in [9.17, 15) is 9.90 Å². The van der Waals surface area contributed by atoms with Crippen LogP contribution < -0.4 is 5.32 Å². The Bertz CT molecular complexity index is 875. The fraction of sp³-hybridized carbons (Fsp3) is 0.238. The molecule has 0 saturated carbocycles. The molecular formula is C21H21N3O2. The van der Waals surface area contributed by atoms with Crippen LogP contribution in [0.2, 0.25) is 0 Å². The summed E-state index contributed by atoms with van der Waals surface area (Å²) in [5.41, 5.74) is 2.09. The molecule has 26 heavy (non-hydrogen) atoms. The second-order valence-electron chi connectivity index (χ2n) is 6.69. The van der Waals surface area contributed by atoms with Gasteiger partial charge in [0.05, 0.1) is 12.6 Å². The quantitative estimate of drug-likeness (QED) is 0.890. The number of amides is 1. The van der Waals surface area contributed by atoms with Gasteiger partial charge in [0.15, 0.2) is 0 Å². The Morgan fingerprint density at radius 1 is 1.12 bits per heavy atom. The van der Waals surface area contributed by atoms with E-state index >= 15 is 0 Å². The number of rotatable bonds is 3. The van der Waals surface area contributed by atoms with E-state index in [1.54, 1.807) is 0 Å². The van der Waals surface area contributed by atoms with Crippen molar-refractivity contribution in [2.45, 2.75) is 25.4 Å². The van der Waals surface area contributed by atoms with Gasteiger partial charge in [-0.2, -0.15) is 0 Å². The van der Waals surface area contributed by atoms with E-state index < -0.39 is 0 Å². The molecule has 0 unspecified atom stereocenters. The zero-order valence-electron chi connectivity index (χ0n) is 14.6. The van der Waals surface area contributed by atoms with Crippen LogP contribution in [0.5, 0.6) is 0 Å². The summed E-state index contributed by atoms with van der Waals surface area (Å²) in [4.78, 5) is 19.6. The average Bonchev–Trinajstić information content (AvgIpc) is 3.04. The van der Waals surface area contributed by atoms with Crippen molar-refractivity contribution in [2.24, 2.45) is 4.99 Å². The van der Waals surface area contributed by atoms with Crippen LogP contribution in [-0.4, -0.2) is 34.3 Å². The summed E-state index contributed by atoms with van der Waals surface area (Å²) in [6.07, 6.45) is 0.394. The van der Waals surface area contributed by atoms with E-state index in [-0.39, 0.29) is 29.3 Å². The summed E-state index contributed by atoms with van der Waals surface area (Å²) in [7, 11) is 0. The van der Waals surface area contributed by atoms with Gasteiger partial charge in [0.2, 0.25) is 0 Å². The number of hydrogen-bond acceptors (Lipinski definition) is 4. The molecule has 132 valence electrons. The van der Waals surface area contributed by atoms with Crippen LogP contribution >= 0.6 is 0 Å². The Morgan fingerprint density at radius 2 is 1.77 bits per heavy atom. The Hall–Kier alpha value is -3.08. The summed E-state index contributed by atoms with van der Waals surface area (Å²) in [6.45, 7) is 2.72. The molecule has 0 aliphatic carbocycles. The molecule has 5 heteroatoms. The van der Waals surface area contributed by atoms with Gasteiger partial charge in [0.25, 0.3) is 5.91 Å². The standard InChI is InChI=1S/C21H21N3O2/c1-14-13-22-20-19(21(26)23-16-10-6-3-7-11-16)18(25)12-17(24(14)20)15-8-4-2-5-9-15/h2-11,14,17,25H,12-13H2,1H3,(H,23,26)/t14-,17-/m0/s1. The number of fused-ring (bicyclic) bond motifs is 1. The van der Waals surface area contributed by atoms with Crippen LogP contribution in [-0.2, 0) is 4.79 Å². The molecule has 0 aromatic heterocycles. The van der Waals surface area contributed by atoms with Crippen molar-refractivity contribution < 1.29 is 9.90 Å². The topological polar surface area (TPSA) is 64.9 Å². The zero-order chi connectivity index (χ0) is 18.1. The molecule has 2 heterocycles. The van der Waals surface area contributed by atoms with Gasteiger partial charge in [-0.3, -0.25) is 9.79 Å². The second-order valence-corrected chi connectivity index (χ2v) is 6.69. The summed E-state index contributed by atoms with van der Waals surface area (Å²) in [5.74, 6) is 0.359. The molecule has 5 nitrogen and oxygen atoms in total. The zero-order valence-corrected chi connectivity index (χ0v) is 14.6. The van der Waals surface area contributed by atoms with Crippen molar-refractivity contribution in [2.75, 3.05) is 11.9 Å². The maximum atomic E-state index is 12.8. The lowest BCUT2D eigenvalue weighted by Gasteiger charge is -2.38. The summed E-state index contributed by atoms with van der Waals surface area (Å²) in [6, 6.07) is 19.5. The highest BCUT2D eigenvalue weighted by molar-refractivity contribution is 6.25. The smallest absolute Gasteiger partial charge is 0.262 e. The normalized spacial score (nSPS) is 22.0. The number of aliphatic hydroxyl groups is 1. The molecular weight excluding hydrogens is 326 g/mol. The van der Waals surface area contributed by atoms with Gasteiger partial charge in [-0.25, -0.2) is 0 Å². The number of aliphatic hydroxyl groups excluding tert-OH is 1. The average molecular weight is 347 g/mol. The minimum atomic E-state index is -0.321. The van der Waals surface area contributed by atoms with Crippen molar-refractivity contribution >= 4 is 17.4 Å². The Balaban J connectivity index is 1.68. The van der Waals surface area contributed by atoms with Crippen LogP contribution in [0.15, 0.2) is 77.0 Å². The number of carbonyl (C=O) groups excluding carboxylic acids is 1. The summed E-state index contributed by atoms with van der Waals surface area (Å²) >= 11 is 0. The van der Waals surface area contributed by atoms with Crippen LogP contribution in [0.4, 0.5) is 5.69 Å². The van der Waals surface area contributed by atoms with Crippen molar-refractivity contribution in [1.82, 2.24) is 4.90 Å². The fourth-order valence-electron chi connectivity index (χ4n) is 3.67. The molecule has 2 atom stereocenters. The fourth-order valence-corrected chi connectivity index (χ4v) is 3.67. The monoisotopic (exact) mass is 347 g/mol. The number of nitrogens with zero attached hydrogens (tertiary/aromatic N) is 2. The molecule has 0 spiro atoms. The Kier molecular flexibility index (Phi) is 4.21. The number of aliphatic imine (C=N–C) groups is 1. The number of anilines is 1. The van der Waals surface area contributed by atoms with E-state index in [2.05, 4.69) is 34.3 Å². The van der Waals surface area contributed by atoms with E-state index in [1.807, 2.05) is 48.5 Å². The number of amidine groups is 1. The first-order valence-corrected chi connectivity index (χ1v) is 8.82. The SMILES string of the molecule is C[C@H]1CN=C2C(C(=O)Nc3ccccc3)=C(O)C[C@@H](c3ccccc3)N21. The minimum Gasteiger partial charge on any atom is -0.511 e. The summed E-state index contributed by atoms with van der Waals surface area (Å²) in [5, 5.41) is 13.6. The Labute approximate surface area is 152 Å². The predicted molar refractivity (Wildman–Crippen MR) is 102 cm³/mol. The van der Waals surface area contributed by atoms with E-state index in [0.717, 1.165) is 5.56 Å². The third-order valence-corrected chi connectivity index (χ3v) is 4.90. The van der Waals surface area contributed by atoms with E-state index in [4.69, 9.17) is 0 Å². The molecule has 2 aromatic rings. The lowest BCUT2D eigenvalue weighted by molar-refractivity contribution is -0.112. The van der Waals surface area contributed by atoms with E-state index in [0.29, 0.717) is 24.5 Å². The van der Waals surface area contributed by atoms with Crippen molar-refractivity contribution in [3.63, 3.8) is 0 Å². The first-order valence-electron chi connectivity index (χ1n) is 8.82. The molecule has 0 radical (unpaired) electrons. The molecule has 0 bridgehead atoms. The predicted octanol–water partition coefficient (Wildman–Crippen LogP) is 3.68. The number of carbonyl (C=O) groups is 1. The highest BCUT2D eigenvalue weighted by Crippen LogP contribution is 2.38. The molecule has 1 amide bonds. The van der Waals surface area contributed by atoms with Crippen molar-refractivity contribution in [3.8, 4) is 0 Å². The van der Waals surface area contributed by atoms with Gasteiger partial charge < -0.3 is 15.3 Å². The lowest BCUT2D eigenvalue weighted by Crippen LogP contribution is -2.44. The molecule has 2 N–H and O–H groups in total. The minimum absolute atomic E-state index is 0.0132. The molecule has 4 rings (SSSR count). The number of para-hydroxylation sites is 1. The molecule has 0 fully saturated rings. The van der Waals surface area contributed by atoms with Gasteiger partial charge in [-0.1, -0.05) is 48.5 Å². The first kappa shape index (κ1) is 16.4. The maximum Gasteiger partial charge on any atom is 0.262 e. The van der Waals surface area contributed by atoms with Crippen LogP contribution in [0.1, 0.15) is 24.9 Å². The third-order valence-electron chi connectivity index (χ3n) is 4.90. The maximum absolute atomic E-state index is 12.8. The number of nitrogens with one attached hydrogen (secondary N) is 1. The van der Waals surface area contributed by atoms with Gasteiger partial charge in [-0.05, 0) is 24.6 Å². The number of hydrogen-bond donors (Lipinski definition) is 2. The van der Waals surface area contributed by atoms with Gasteiger partial charge in [-0.15, -0.1) is 0 Å². The Morgan fingerprint density at radius 3 is 2.46 bits per heavy atom. The van der Waals surface area contributed by atoms with Gasteiger partial charge in [0, 0.05) is 18.2 Å². The first-order chi connectivity index (χ1) is 12.6. The van der Waals surface area contributed by atoms with E-state index in [1.165, 1.54) is 0 Å². The van der Waals surface area contributed by atoms with Crippen LogP contribution in [0.25, 0.3) is 0 Å². The highest BCUT2D eigenvalue weighted by atomic mass is 16.3. The highest BCUT2D eigenvalue weighted by Gasteiger charge is 2.41. The largest absolute Gasteiger partial charge is 0.511 e. The van der Waals surface area contributed by atoms with Crippen molar-refractivity contribution in [1.29, 1.82) is 0 Å². The number of benzene rings is 2. The van der Waals surface area contributed by atoms with Gasteiger partial charge >= 0.3 is 0 Å².